The highest BCUT2D eigenvalue weighted by Crippen LogP contribution is 2.17. The van der Waals surface area contributed by atoms with Crippen molar-refractivity contribution in [3.63, 3.8) is 0 Å². The molecule has 0 saturated carbocycles. The number of esters is 1. The fourth-order valence-electron chi connectivity index (χ4n) is 4.73. The van der Waals surface area contributed by atoms with Crippen molar-refractivity contribution >= 4 is 23.7 Å². The normalized spacial score (nSPS) is 10.5. The van der Waals surface area contributed by atoms with Crippen LogP contribution >= 0.6 is 0 Å². The molecule has 14 nitrogen and oxygen atoms in total. The number of nitrogens with one attached hydrogen (secondary N) is 6. The Morgan fingerprint density at radius 1 is 0.500 bits per heavy atom. The Morgan fingerprint density at radius 3 is 1.02 bits per heavy atom. The fourth-order valence-corrected chi connectivity index (χ4v) is 4.73. The molecule has 0 atom stereocenters. The topological polar surface area (TPSA) is 159 Å². The average molecular weight is 700 g/mol. The molecule has 280 valence electrons. The van der Waals surface area contributed by atoms with E-state index in [1.165, 1.54) is 6.92 Å². The fraction of sp³-hybridized carbons (Fsp3) is 0.556. The lowest BCUT2D eigenvalue weighted by atomic mass is 10.0. The quantitative estimate of drug-likeness (QED) is 0.0873. The Hall–Kier alpha value is -3.92. The molecule has 2 aromatic rings. The number of carbonyl (C=O) groups is 4. The van der Waals surface area contributed by atoms with Crippen LogP contribution in [0.25, 0.3) is 0 Å². The summed E-state index contributed by atoms with van der Waals surface area (Å²) >= 11 is 0. The van der Waals surface area contributed by atoms with Gasteiger partial charge in [-0.2, -0.15) is 0 Å². The number of ether oxygens (including phenoxy) is 1. The molecule has 0 aliphatic heterocycles. The minimum absolute atomic E-state index is 0.210. The molecular formula is C36H61N9O5. The molecule has 2 rings (SSSR count). The molecule has 50 heavy (non-hydrogen) atoms. The molecule has 14 heteroatoms. The number of likely N-dealkylation sites (N-methyl/N-ethyl adjacent to an activating group) is 6. The van der Waals surface area contributed by atoms with Crippen LogP contribution in [0.15, 0.2) is 48.5 Å². The van der Waals surface area contributed by atoms with Crippen LogP contribution in [0, 0.1) is 0 Å². The third-order valence-electron chi connectivity index (χ3n) is 7.61. The van der Waals surface area contributed by atoms with E-state index in [4.69, 9.17) is 4.74 Å². The molecule has 0 saturated heterocycles. The van der Waals surface area contributed by atoms with Crippen LogP contribution in [0.5, 0.6) is 0 Å². The summed E-state index contributed by atoms with van der Waals surface area (Å²) in [6.45, 7) is 8.58. The van der Waals surface area contributed by atoms with E-state index in [1.807, 2.05) is 72.6 Å². The summed E-state index contributed by atoms with van der Waals surface area (Å²) in [7, 11) is 11.0. The molecule has 0 fully saturated rings. The van der Waals surface area contributed by atoms with Gasteiger partial charge in [0.15, 0.2) is 0 Å². The van der Waals surface area contributed by atoms with Gasteiger partial charge in [-0.05, 0) is 66.0 Å². The van der Waals surface area contributed by atoms with Crippen molar-refractivity contribution in [2.45, 2.75) is 13.5 Å². The van der Waals surface area contributed by atoms with Gasteiger partial charge < -0.3 is 51.3 Å². The van der Waals surface area contributed by atoms with Gasteiger partial charge in [0.05, 0.1) is 0 Å². The van der Waals surface area contributed by atoms with E-state index in [2.05, 4.69) is 31.9 Å². The van der Waals surface area contributed by atoms with Crippen LogP contribution < -0.4 is 31.9 Å². The van der Waals surface area contributed by atoms with Gasteiger partial charge in [0.2, 0.25) is 0 Å². The molecule has 0 radical (unpaired) electrons. The zero-order chi connectivity index (χ0) is 37.1. The Bertz CT molecular complexity index is 1120. The lowest BCUT2D eigenvalue weighted by Crippen LogP contribution is -2.42. The highest BCUT2D eigenvalue weighted by molar-refractivity contribution is 6.04. The van der Waals surface area contributed by atoms with E-state index in [-0.39, 0.29) is 23.7 Å². The number of nitrogens with zero attached hydrogens (tertiary/aromatic N) is 3. The van der Waals surface area contributed by atoms with Crippen LogP contribution in [0.2, 0.25) is 0 Å². The molecule has 0 aromatic heterocycles. The first-order chi connectivity index (χ1) is 24.2. The molecular weight excluding hydrogens is 638 g/mol. The van der Waals surface area contributed by atoms with Gasteiger partial charge in [-0.25, -0.2) is 0 Å². The molecule has 0 spiro atoms. The average Bonchev–Trinajstić information content (AvgIpc) is 3.14. The van der Waals surface area contributed by atoms with Gasteiger partial charge in [-0.1, -0.05) is 30.3 Å². The smallest absolute Gasteiger partial charge is 0.302 e. The first kappa shape index (κ1) is 44.1. The summed E-state index contributed by atoms with van der Waals surface area (Å²) in [6, 6.07) is 14.5. The maximum absolute atomic E-state index is 13.7. The number of carbonyl (C=O) groups excluding carboxylic acids is 4. The Labute approximate surface area is 299 Å². The molecule has 0 aliphatic rings. The van der Waals surface area contributed by atoms with Crippen LogP contribution in [0.4, 0.5) is 0 Å². The second-order valence-electron chi connectivity index (χ2n) is 11.6. The Kier molecular flexibility index (Phi) is 23.7. The second-order valence-corrected chi connectivity index (χ2v) is 11.6. The van der Waals surface area contributed by atoms with Crippen molar-refractivity contribution < 1.29 is 23.9 Å². The summed E-state index contributed by atoms with van der Waals surface area (Å²) in [5.74, 6) is -0.872. The van der Waals surface area contributed by atoms with Crippen molar-refractivity contribution in [1.82, 2.24) is 46.6 Å². The third kappa shape index (κ3) is 17.1. The summed E-state index contributed by atoms with van der Waals surface area (Å²) in [6.07, 6.45) is 0. The lowest BCUT2D eigenvalue weighted by molar-refractivity contribution is -0.142. The maximum atomic E-state index is 13.7. The van der Waals surface area contributed by atoms with Gasteiger partial charge in [0, 0.05) is 102 Å². The summed E-state index contributed by atoms with van der Waals surface area (Å²) < 4.78 is 4.79. The monoisotopic (exact) mass is 699 g/mol. The molecule has 0 unspecified atom stereocenters. The number of amides is 3. The summed E-state index contributed by atoms with van der Waals surface area (Å²) in [5.41, 5.74) is 2.02. The van der Waals surface area contributed by atoms with E-state index in [9.17, 15) is 19.2 Å². The largest absolute Gasteiger partial charge is 0.461 e. The standard InChI is InChI=1S/C27H51N9O3.C9H10O2/c1-28-7-13-34(14-8-29-2)25(37)22-19-23(26(38)35(15-9-30-3)16-10-31-4)21-24(20-22)27(39)36(17-11-32-5)18-12-33-6;1-8(10)11-7-9-5-3-2-4-6-9/h19-21,28-33H,7-18H2,1-6H3;2-6H,7H2,1H3. The Morgan fingerprint density at radius 2 is 0.780 bits per heavy atom. The van der Waals surface area contributed by atoms with Crippen molar-refractivity contribution in [3.8, 4) is 0 Å². The SMILES string of the molecule is CC(=O)OCc1ccccc1.CNCCN(CCNC)C(=O)c1cc(C(=O)N(CCNC)CCNC)cc(C(=O)N(CCNC)CCNC)c1. The van der Waals surface area contributed by atoms with Gasteiger partial charge in [0.25, 0.3) is 17.7 Å². The van der Waals surface area contributed by atoms with E-state index in [1.54, 1.807) is 32.9 Å². The van der Waals surface area contributed by atoms with Gasteiger partial charge in [0.1, 0.15) is 6.61 Å². The van der Waals surface area contributed by atoms with Crippen molar-refractivity contribution in [2.75, 3.05) is 121 Å². The van der Waals surface area contributed by atoms with Crippen molar-refractivity contribution in [3.05, 3.63) is 70.8 Å². The highest BCUT2D eigenvalue weighted by Gasteiger charge is 2.24. The Balaban J connectivity index is 0.000000957. The van der Waals surface area contributed by atoms with Crippen LogP contribution in [0.3, 0.4) is 0 Å². The summed E-state index contributed by atoms with van der Waals surface area (Å²) in [5, 5.41) is 18.5. The minimum Gasteiger partial charge on any atom is -0.461 e. The molecule has 6 N–H and O–H groups in total. The van der Waals surface area contributed by atoms with Crippen LogP contribution in [-0.4, -0.2) is 159 Å². The zero-order valence-corrected chi connectivity index (χ0v) is 31.2. The first-order valence-corrected chi connectivity index (χ1v) is 17.2. The molecule has 0 aliphatic carbocycles. The maximum Gasteiger partial charge on any atom is 0.302 e. The predicted octanol–water partition coefficient (Wildman–Crippen LogP) is 0.0793. The van der Waals surface area contributed by atoms with E-state index >= 15 is 0 Å². The van der Waals surface area contributed by atoms with Crippen molar-refractivity contribution in [2.24, 2.45) is 0 Å². The highest BCUT2D eigenvalue weighted by atomic mass is 16.5. The minimum atomic E-state index is -0.242. The predicted molar refractivity (Wildman–Crippen MR) is 200 cm³/mol. The van der Waals surface area contributed by atoms with Crippen molar-refractivity contribution in [1.29, 1.82) is 0 Å². The lowest BCUT2D eigenvalue weighted by Gasteiger charge is -2.26. The first-order valence-electron chi connectivity index (χ1n) is 17.2. The van der Waals surface area contributed by atoms with Gasteiger partial charge in [-0.3, -0.25) is 19.2 Å². The van der Waals surface area contributed by atoms with E-state index in [0.29, 0.717) is 102 Å². The number of rotatable bonds is 23. The van der Waals surface area contributed by atoms with Gasteiger partial charge in [-0.15, -0.1) is 0 Å². The van der Waals surface area contributed by atoms with Crippen LogP contribution in [0.1, 0.15) is 43.6 Å². The number of hydrogen-bond donors (Lipinski definition) is 6. The number of hydrogen-bond acceptors (Lipinski definition) is 11. The third-order valence-corrected chi connectivity index (χ3v) is 7.61. The molecule has 3 amide bonds. The van der Waals surface area contributed by atoms with E-state index in [0.717, 1.165) is 5.56 Å². The van der Waals surface area contributed by atoms with Gasteiger partial charge >= 0.3 is 5.97 Å². The number of benzene rings is 2. The molecule has 2 aromatic carbocycles. The zero-order valence-electron chi connectivity index (χ0n) is 31.2. The molecule has 0 heterocycles. The van der Waals surface area contributed by atoms with E-state index < -0.39 is 0 Å². The molecule has 0 bridgehead atoms. The summed E-state index contributed by atoms with van der Waals surface area (Å²) in [4.78, 5) is 56.8. The second kappa shape index (κ2) is 26.9. The van der Waals surface area contributed by atoms with Crippen LogP contribution in [-0.2, 0) is 16.1 Å².